The first-order valence-corrected chi connectivity index (χ1v) is 11.2. The molecule has 0 saturated carbocycles. The van der Waals surface area contributed by atoms with Gasteiger partial charge in [0.25, 0.3) is 11.7 Å². The Morgan fingerprint density at radius 3 is 2.32 bits per heavy atom. The van der Waals surface area contributed by atoms with Crippen molar-refractivity contribution in [1.82, 2.24) is 0 Å². The Labute approximate surface area is 199 Å². The number of hydrogen-bond donors (Lipinski definition) is 1. The number of rotatable bonds is 7. The van der Waals surface area contributed by atoms with Crippen molar-refractivity contribution in [3.05, 3.63) is 95.1 Å². The minimum Gasteiger partial charge on any atom is -0.507 e. The predicted molar refractivity (Wildman–Crippen MR) is 131 cm³/mol. The highest BCUT2D eigenvalue weighted by atomic mass is 16.5. The van der Waals surface area contributed by atoms with Crippen molar-refractivity contribution in [3.8, 4) is 11.5 Å². The summed E-state index contributed by atoms with van der Waals surface area (Å²) in [5.74, 6) is -0.435. The second-order valence-corrected chi connectivity index (χ2v) is 8.15. The number of hydrogen-bond acceptors (Lipinski definition) is 5. The molecule has 1 atom stereocenters. The van der Waals surface area contributed by atoms with Gasteiger partial charge in [-0.1, -0.05) is 48.9 Å². The Morgan fingerprint density at radius 2 is 1.68 bits per heavy atom. The second-order valence-electron chi connectivity index (χ2n) is 8.15. The first kappa shape index (κ1) is 23.1. The topological polar surface area (TPSA) is 76.1 Å². The monoisotopic (exact) mass is 457 g/mol. The van der Waals surface area contributed by atoms with Crippen LogP contribution in [0.1, 0.15) is 36.1 Å². The van der Waals surface area contributed by atoms with Crippen LogP contribution in [-0.4, -0.2) is 30.5 Å². The third-order valence-electron chi connectivity index (χ3n) is 5.77. The van der Waals surface area contributed by atoms with Crippen LogP contribution < -0.4 is 14.4 Å². The largest absolute Gasteiger partial charge is 0.507 e. The molecule has 6 nitrogen and oxygen atoms in total. The van der Waals surface area contributed by atoms with Crippen LogP contribution >= 0.6 is 0 Å². The van der Waals surface area contributed by atoms with Crippen LogP contribution in [0.15, 0.2) is 78.4 Å². The van der Waals surface area contributed by atoms with E-state index in [4.69, 9.17) is 9.47 Å². The maximum absolute atomic E-state index is 13.3. The number of ether oxygens (including phenoxy) is 2. The molecule has 1 N–H and O–H groups in total. The second kappa shape index (κ2) is 9.83. The number of aliphatic hydroxyl groups is 1. The molecule has 4 rings (SSSR count). The van der Waals surface area contributed by atoms with E-state index in [1.165, 1.54) is 4.90 Å². The van der Waals surface area contributed by atoms with Gasteiger partial charge in [0.15, 0.2) is 0 Å². The highest BCUT2D eigenvalue weighted by molar-refractivity contribution is 6.51. The number of ketones is 1. The molecule has 0 aromatic heterocycles. The fourth-order valence-corrected chi connectivity index (χ4v) is 4.01. The van der Waals surface area contributed by atoms with Crippen LogP contribution in [-0.2, 0) is 9.59 Å². The van der Waals surface area contributed by atoms with Crippen molar-refractivity contribution in [2.24, 2.45) is 0 Å². The zero-order valence-corrected chi connectivity index (χ0v) is 19.4. The summed E-state index contributed by atoms with van der Waals surface area (Å²) < 4.78 is 11.0. The Morgan fingerprint density at radius 1 is 0.971 bits per heavy atom. The maximum atomic E-state index is 13.3. The standard InChI is InChI=1S/C28H27NO5/c1-4-16-34-23-7-5-6-20(17-23)26(30)24-25(19-10-14-22(33-3)15-11-19)29(28(32)27(24)31)21-12-8-18(2)9-13-21/h5-15,17,25,30H,4,16H2,1-3H3/b26-24-. The van der Waals surface area contributed by atoms with Crippen LogP contribution in [0, 0.1) is 6.92 Å². The molecule has 174 valence electrons. The highest BCUT2D eigenvalue weighted by Crippen LogP contribution is 2.42. The fraction of sp³-hybridized carbons (Fsp3) is 0.214. The van der Waals surface area contributed by atoms with Crippen LogP contribution in [0.4, 0.5) is 5.69 Å². The summed E-state index contributed by atoms with van der Waals surface area (Å²) in [5.41, 5.74) is 2.73. The van der Waals surface area contributed by atoms with Crippen molar-refractivity contribution in [1.29, 1.82) is 0 Å². The van der Waals surface area contributed by atoms with E-state index in [9.17, 15) is 14.7 Å². The van der Waals surface area contributed by atoms with E-state index in [0.29, 0.717) is 34.9 Å². The highest BCUT2D eigenvalue weighted by Gasteiger charge is 2.47. The van der Waals surface area contributed by atoms with Gasteiger partial charge in [-0.15, -0.1) is 0 Å². The molecule has 1 amide bonds. The summed E-state index contributed by atoms with van der Waals surface area (Å²) in [6.07, 6.45) is 0.843. The number of Topliss-reactive ketones (excluding diaryl/α,β-unsaturated/α-hetero) is 1. The third kappa shape index (κ3) is 4.39. The summed E-state index contributed by atoms with van der Waals surface area (Å²) in [4.78, 5) is 27.9. The third-order valence-corrected chi connectivity index (χ3v) is 5.77. The molecule has 3 aromatic rings. The fourth-order valence-electron chi connectivity index (χ4n) is 4.01. The van der Waals surface area contributed by atoms with Gasteiger partial charge in [0.1, 0.15) is 17.3 Å². The number of benzene rings is 3. The van der Waals surface area contributed by atoms with E-state index >= 15 is 0 Å². The van der Waals surface area contributed by atoms with Gasteiger partial charge in [0.05, 0.1) is 25.3 Å². The van der Waals surface area contributed by atoms with Gasteiger partial charge in [-0.2, -0.15) is 0 Å². The average Bonchev–Trinajstić information content (AvgIpc) is 3.13. The van der Waals surface area contributed by atoms with E-state index in [-0.39, 0.29) is 11.3 Å². The zero-order valence-electron chi connectivity index (χ0n) is 19.4. The van der Waals surface area contributed by atoms with Gasteiger partial charge in [-0.25, -0.2) is 0 Å². The summed E-state index contributed by atoms with van der Waals surface area (Å²) in [6.45, 7) is 4.49. The zero-order chi connectivity index (χ0) is 24.2. The molecule has 1 saturated heterocycles. The predicted octanol–water partition coefficient (Wildman–Crippen LogP) is 5.42. The number of carbonyl (C=O) groups excluding carboxylic acids is 2. The molecule has 3 aromatic carbocycles. The molecule has 1 aliphatic heterocycles. The number of aliphatic hydroxyl groups excluding tert-OH is 1. The molecule has 1 aliphatic rings. The number of carbonyl (C=O) groups is 2. The molecule has 34 heavy (non-hydrogen) atoms. The molecule has 1 heterocycles. The Balaban J connectivity index is 1.87. The van der Waals surface area contributed by atoms with Gasteiger partial charge in [0.2, 0.25) is 0 Å². The van der Waals surface area contributed by atoms with Gasteiger partial charge in [0, 0.05) is 11.3 Å². The van der Waals surface area contributed by atoms with Gasteiger partial charge in [-0.3, -0.25) is 14.5 Å². The van der Waals surface area contributed by atoms with Crippen molar-refractivity contribution < 1.29 is 24.2 Å². The summed E-state index contributed by atoms with van der Waals surface area (Å²) in [6, 6.07) is 20.6. The van der Waals surface area contributed by atoms with Crippen molar-refractivity contribution in [3.63, 3.8) is 0 Å². The number of nitrogens with zero attached hydrogens (tertiary/aromatic N) is 1. The molecule has 6 heteroatoms. The van der Waals surface area contributed by atoms with Gasteiger partial charge in [-0.05, 0) is 55.3 Å². The summed E-state index contributed by atoms with van der Waals surface area (Å²) >= 11 is 0. The lowest BCUT2D eigenvalue weighted by atomic mass is 9.95. The smallest absolute Gasteiger partial charge is 0.300 e. The quantitative estimate of drug-likeness (QED) is 0.291. The Bertz CT molecular complexity index is 1230. The summed E-state index contributed by atoms with van der Waals surface area (Å²) in [5, 5.41) is 11.3. The lowest BCUT2D eigenvalue weighted by Gasteiger charge is -2.25. The average molecular weight is 458 g/mol. The van der Waals surface area contributed by atoms with Crippen LogP contribution in [0.3, 0.4) is 0 Å². The van der Waals surface area contributed by atoms with Gasteiger partial charge < -0.3 is 14.6 Å². The van der Waals surface area contributed by atoms with Crippen LogP contribution in [0.2, 0.25) is 0 Å². The molecule has 1 fully saturated rings. The van der Waals surface area contributed by atoms with E-state index in [1.807, 2.05) is 26.0 Å². The Hall–Kier alpha value is -4.06. The lowest BCUT2D eigenvalue weighted by molar-refractivity contribution is -0.132. The van der Waals surface area contributed by atoms with Crippen molar-refractivity contribution in [2.45, 2.75) is 26.3 Å². The molecule has 0 bridgehead atoms. The molecule has 0 spiro atoms. The normalized spacial score (nSPS) is 17.1. The molecular weight excluding hydrogens is 430 g/mol. The van der Waals surface area contributed by atoms with E-state index in [1.54, 1.807) is 67.8 Å². The lowest BCUT2D eigenvalue weighted by Crippen LogP contribution is -2.29. The SMILES string of the molecule is CCCOc1cccc(/C(O)=C2/C(=O)C(=O)N(c3ccc(C)cc3)C2c2ccc(OC)cc2)c1. The first-order valence-electron chi connectivity index (χ1n) is 11.2. The van der Waals surface area contributed by atoms with Crippen molar-refractivity contribution in [2.75, 3.05) is 18.6 Å². The van der Waals surface area contributed by atoms with E-state index < -0.39 is 17.7 Å². The number of aryl methyl sites for hydroxylation is 1. The molecular formula is C28H27NO5. The van der Waals surface area contributed by atoms with Crippen LogP contribution in [0.5, 0.6) is 11.5 Å². The van der Waals surface area contributed by atoms with Crippen LogP contribution in [0.25, 0.3) is 5.76 Å². The molecule has 0 aliphatic carbocycles. The first-order chi connectivity index (χ1) is 16.4. The summed E-state index contributed by atoms with van der Waals surface area (Å²) in [7, 11) is 1.57. The minimum atomic E-state index is -0.797. The maximum Gasteiger partial charge on any atom is 0.300 e. The molecule has 1 unspecified atom stereocenters. The number of anilines is 1. The Kier molecular flexibility index (Phi) is 6.68. The van der Waals surface area contributed by atoms with E-state index in [2.05, 4.69) is 0 Å². The number of methoxy groups -OCH3 is 1. The minimum absolute atomic E-state index is 0.0309. The van der Waals surface area contributed by atoms with Crippen molar-refractivity contribution >= 4 is 23.1 Å². The molecule has 0 radical (unpaired) electrons. The van der Waals surface area contributed by atoms with E-state index in [0.717, 1.165) is 12.0 Å². The van der Waals surface area contributed by atoms with Gasteiger partial charge >= 0.3 is 0 Å². The number of amides is 1.